The van der Waals surface area contributed by atoms with E-state index >= 15 is 0 Å². The Bertz CT molecular complexity index is 553. The van der Waals surface area contributed by atoms with Crippen molar-refractivity contribution in [2.45, 2.75) is 32.1 Å². The molecule has 5 heteroatoms. The second-order valence-electron chi connectivity index (χ2n) is 5.34. The third-order valence-electron chi connectivity index (χ3n) is 2.27. The predicted octanol–water partition coefficient (Wildman–Crippen LogP) is 2.74. The van der Waals surface area contributed by atoms with Gasteiger partial charge in [-0.05, 0) is 38.5 Å². The highest BCUT2D eigenvalue weighted by atomic mass is 32.2. The number of carbonyl (C=O) groups is 1. The van der Waals surface area contributed by atoms with Crippen molar-refractivity contribution in [3.05, 3.63) is 35.1 Å². The van der Waals surface area contributed by atoms with Gasteiger partial charge in [0.2, 0.25) is 0 Å². The molecule has 0 radical (unpaired) electrons. The van der Waals surface area contributed by atoms with Crippen LogP contribution in [0.1, 0.15) is 31.9 Å². The number of hydrogen-bond acceptors (Lipinski definition) is 4. The summed E-state index contributed by atoms with van der Waals surface area (Å²) >= 11 is 1.38. The largest absolute Gasteiger partial charge is 0.459 e. The lowest BCUT2D eigenvalue weighted by atomic mass is 10.1. The summed E-state index contributed by atoms with van der Waals surface area (Å²) in [7, 11) is 0. The fourth-order valence-electron chi connectivity index (χ4n) is 1.54. The van der Waals surface area contributed by atoms with E-state index in [9.17, 15) is 9.18 Å². The van der Waals surface area contributed by atoms with Gasteiger partial charge in [0.15, 0.2) is 0 Å². The first-order chi connectivity index (χ1) is 9.81. The summed E-state index contributed by atoms with van der Waals surface area (Å²) in [6.45, 7) is 5.18. The number of rotatable bonds is 4. The number of thioether (sulfide) groups is 1. The normalized spacial score (nSPS) is 10.7. The number of esters is 1. The highest BCUT2D eigenvalue weighted by Gasteiger charge is 2.16. The topological polar surface area (TPSA) is 46.5 Å². The number of halogens is 1. The zero-order valence-corrected chi connectivity index (χ0v) is 13.2. The smallest absolute Gasteiger partial charge is 0.316 e. The van der Waals surface area contributed by atoms with E-state index in [1.165, 1.54) is 23.9 Å². The average Bonchev–Trinajstić information content (AvgIpc) is 2.36. The molecule has 0 aromatic heterocycles. The van der Waals surface area contributed by atoms with Crippen LogP contribution in [-0.4, -0.2) is 29.0 Å². The molecule has 0 saturated carbocycles. The minimum atomic E-state index is -0.495. The molecule has 0 saturated heterocycles. The van der Waals surface area contributed by atoms with Gasteiger partial charge in [-0.2, -0.15) is 0 Å². The Morgan fingerprint density at radius 3 is 2.76 bits per heavy atom. The number of aliphatic hydroxyl groups is 1. The van der Waals surface area contributed by atoms with Crippen LogP contribution in [0, 0.1) is 17.7 Å². The molecule has 114 valence electrons. The fraction of sp³-hybridized carbons (Fsp3) is 0.438. The van der Waals surface area contributed by atoms with Gasteiger partial charge in [0, 0.05) is 11.3 Å². The van der Waals surface area contributed by atoms with E-state index in [0.29, 0.717) is 11.3 Å². The molecule has 0 aliphatic rings. The minimum absolute atomic E-state index is 0.224. The SMILES string of the molecule is CC(C)(C)OC(=O)CSCc1ccc(F)cc1C#CCO. The van der Waals surface area contributed by atoms with Gasteiger partial charge in [-0.25, -0.2) is 4.39 Å². The van der Waals surface area contributed by atoms with Crippen LogP contribution < -0.4 is 0 Å². The van der Waals surface area contributed by atoms with Gasteiger partial charge >= 0.3 is 5.97 Å². The maximum atomic E-state index is 13.2. The van der Waals surface area contributed by atoms with Gasteiger partial charge in [0.1, 0.15) is 18.0 Å². The number of hydrogen-bond donors (Lipinski definition) is 1. The molecule has 1 N–H and O–H groups in total. The molecule has 0 spiro atoms. The first-order valence-corrected chi connectivity index (χ1v) is 7.65. The summed E-state index contributed by atoms with van der Waals surface area (Å²) in [4.78, 5) is 11.6. The summed E-state index contributed by atoms with van der Waals surface area (Å²) in [5.41, 5.74) is 0.859. The molecule has 1 aromatic carbocycles. The molecule has 0 fully saturated rings. The Morgan fingerprint density at radius 1 is 1.43 bits per heavy atom. The lowest BCUT2D eigenvalue weighted by Crippen LogP contribution is -2.24. The van der Waals surface area contributed by atoms with E-state index < -0.39 is 5.60 Å². The van der Waals surface area contributed by atoms with E-state index in [4.69, 9.17) is 9.84 Å². The van der Waals surface area contributed by atoms with E-state index in [-0.39, 0.29) is 24.1 Å². The zero-order chi connectivity index (χ0) is 15.9. The second kappa shape index (κ2) is 8.06. The van der Waals surface area contributed by atoms with Crippen molar-refractivity contribution in [2.24, 2.45) is 0 Å². The maximum absolute atomic E-state index is 13.2. The summed E-state index contributed by atoms with van der Waals surface area (Å²) < 4.78 is 18.4. The van der Waals surface area contributed by atoms with Crippen LogP contribution >= 0.6 is 11.8 Å². The van der Waals surface area contributed by atoms with E-state index in [0.717, 1.165) is 5.56 Å². The predicted molar refractivity (Wildman–Crippen MR) is 82.4 cm³/mol. The molecule has 21 heavy (non-hydrogen) atoms. The Kier molecular flexibility index (Phi) is 6.73. The van der Waals surface area contributed by atoms with E-state index in [2.05, 4.69) is 11.8 Å². The van der Waals surface area contributed by atoms with Crippen molar-refractivity contribution in [2.75, 3.05) is 12.4 Å². The quantitative estimate of drug-likeness (QED) is 0.686. The van der Waals surface area contributed by atoms with Crippen molar-refractivity contribution < 1.29 is 19.0 Å². The van der Waals surface area contributed by atoms with Crippen molar-refractivity contribution in [3.8, 4) is 11.8 Å². The van der Waals surface area contributed by atoms with Crippen LogP contribution in [0.2, 0.25) is 0 Å². The molecule has 3 nitrogen and oxygen atoms in total. The highest BCUT2D eigenvalue weighted by Crippen LogP contribution is 2.18. The molecule has 0 amide bonds. The summed E-state index contributed by atoms with van der Waals surface area (Å²) in [6, 6.07) is 4.32. The molecule has 0 aliphatic heterocycles. The molecule has 1 aromatic rings. The van der Waals surface area contributed by atoms with Gasteiger partial charge in [-0.1, -0.05) is 17.9 Å². The standard InChI is InChI=1S/C16H19FO3S/c1-16(2,3)20-15(19)11-21-10-13-6-7-14(17)9-12(13)5-4-8-18/h6-7,9,18H,8,10-11H2,1-3H3. The third-order valence-corrected chi connectivity index (χ3v) is 3.23. The molecule has 0 unspecified atom stereocenters. The van der Waals surface area contributed by atoms with E-state index in [1.807, 2.05) is 20.8 Å². The molecule has 0 bridgehead atoms. The first kappa shape index (κ1) is 17.5. The fourth-order valence-corrected chi connectivity index (χ4v) is 2.34. The van der Waals surface area contributed by atoms with Crippen molar-refractivity contribution >= 4 is 17.7 Å². The monoisotopic (exact) mass is 310 g/mol. The Hall–Kier alpha value is -1.51. The van der Waals surface area contributed by atoms with Crippen molar-refractivity contribution in [1.29, 1.82) is 0 Å². The number of carbonyl (C=O) groups excluding carboxylic acids is 1. The third kappa shape index (κ3) is 7.16. The van der Waals surface area contributed by atoms with Gasteiger partial charge in [-0.3, -0.25) is 4.79 Å². The molecular weight excluding hydrogens is 291 g/mol. The first-order valence-electron chi connectivity index (χ1n) is 6.49. The van der Waals surface area contributed by atoms with Crippen LogP contribution in [-0.2, 0) is 15.3 Å². The van der Waals surface area contributed by atoms with Crippen LogP contribution in [0.25, 0.3) is 0 Å². The van der Waals surface area contributed by atoms with Crippen molar-refractivity contribution in [3.63, 3.8) is 0 Å². The second-order valence-corrected chi connectivity index (χ2v) is 6.33. The van der Waals surface area contributed by atoms with Crippen molar-refractivity contribution in [1.82, 2.24) is 0 Å². The van der Waals surface area contributed by atoms with Crippen LogP contribution in [0.4, 0.5) is 4.39 Å². The van der Waals surface area contributed by atoms with Crippen LogP contribution in [0.3, 0.4) is 0 Å². The number of benzene rings is 1. The number of aliphatic hydroxyl groups excluding tert-OH is 1. The molecule has 0 aliphatic carbocycles. The summed E-state index contributed by atoms with van der Waals surface area (Å²) in [6.07, 6.45) is 0. The molecule has 1 rings (SSSR count). The van der Waals surface area contributed by atoms with Gasteiger partial charge in [-0.15, -0.1) is 11.8 Å². The molecule has 0 atom stereocenters. The zero-order valence-electron chi connectivity index (χ0n) is 12.4. The van der Waals surface area contributed by atoms with Crippen LogP contribution in [0.5, 0.6) is 0 Å². The minimum Gasteiger partial charge on any atom is -0.459 e. The number of ether oxygens (including phenoxy) is 1. The van der Waals surface area contributed by atoms with Gasteiger partial charge in [0.05, 0.1) is 5.75 Å². The Balaban J connectivity index is 2.61. The summed E-state index contributed by atoms with van der Waals surface area (Å²) in [5, 5.41) is 8.71. The lowest BCUT2D eigenvalue weighted by molar-refractivity contribution is -0.151. The molecule has 0 heterocycles. The average molecular weight is 310 g/mol. The highest BCUT2D eigenvalue weighted by molar-refractivity contribution is 7.99. The Morgan fingerprint density at radius 2 is 2.14 bits per heavy atom. The van der Waals surface area contributed by atoms with E-state index in [1.54, 1.807) is 6.07 Å². The lowest BCUT2D eigenvalue weighted by Gasteiger charge is -2.19. The maximum Gasteiger partial charge on any atom is 0.316 e. The molecular formula is C16H19FO3S. The van der Waals surface area contributed by atoms with Gasteiger partial charge in [0.25, 0.3) is 0 Å². The Labute approximate surface area is 128 Å². The van der Waals surface area contributed by atoms with Crippen LogP contribution in [0.15, 0.2) is 18.2 Å². The van der Waals surface area contributed by atoms with Gasteiger partial charge < -0.3 is 9.84 Å². The summed E-state index contributed by atoms with van der Waals surface area (Å²) in [5.74, 6) is 5.30.